The Morgan fingerprint density at radius 2 is 0.909 bits per heavy atom. The monoisotopic (exact) mass is 1240 g/mol. The first-order chi connectivity index (χ1) is 40.6. The molecule has 11 amide bonds. The van der Waals surface area contributed by atoms with Gasteiger partial charge in [0, 0.05) is 56.3 Å². The number of carbonyl (C=O) groups excluding carboxylic acids is 12. The van der Waals surface area contributed by atoms with Crippen LogP contribution in [0.3, 0.4) is 0 Å². The van der Waals surface area contributed by atoms with E-state index < -0.39 is 162 Å². The van der Waals surface area contributed by atoms with Gasteiger partial charge in [-0.1, -0.05) is 109 Å². The van der Waals surface area contributed by atoms with Gasteiger partial charge in [-0.25, -0.2) is 0 Å². The van der Waals surface area contributed by atoms with E-state index in [1.165, 1.54) is 94.6 Å². The number of nitrogens with zero attached hydrogens (tertiary/aromatic N) is 7. The molecular formula is C64H113N11O13. The summed E-state index contributed by atoms with van der Waals surface area (Å²) in [6.07, 6.45) is 3.15. The zero-order valence-corrected chi connectivity index (χ0v) is 57.9. The Morgan fingerprint density at radius 1 is 0.489 bits per heavy atom. The number of allylic oxidation sites excluding steroid dienone is 2. The van der Waals surface area contributed by atoms with Crippen LogP contribution < -0.4 is 21.3 Å². The van der Waals surface area contributed by atoms with E-state index in [9.17, 15) is 38.4 Å². The zero-order chi connectivity index (χ0) is 68.3. The maximum Gasteiger partial charge on any atom is 0.303 e. The van der Waals surface area contributed by atoms with Gasteiger partial charge in [-0.2, -0.15) is 0 Å². The fourth-order valence-electron chi connectivity index (χ4n) is 11.0. The van der Waals surface area contributed by atoms with Crippen LogP contribution in [0.25, 0.3) is 0 Å². The number of likely N-dealkylation sites (N-methyl/N-ethyl adjacent to an activating group) is 7. The van der Waals surface area contributed by atoms with E-state index in [1.54, 1.807) is 54.5 Å². The van der Waals surface area contributed by atoms with E-state index in [-0.39, 0.29) is 55.8 Å². The van der Waals surface area contributed by atoms with Gasteiger partial charge >= 0.3 is 5.97 Å². The average Bonchev–Trinajstić information content (AvgIpc) is 2.69. The summed E-state index contributed by atoms with van der Waals surface area (Å²) in [6, 6.07) is -12.5. The van der Waals surface area contributed by atoms with Crippen molar-refractivity contribution in [2.45, 2.75) is 230 Å². The molecule has 0 aromatic rings. The molecule has 1 fully saturated rings. The Hall–Kier alpha value is -6.62. The van der Waals surface area contributed by atoms with Crippen LogP contribution in [0.15, 0.2) is 12.2 Å². The summed E-state index contributed by atoms with van der Waals surface area (Å²) in [5.41, 5.74) is 0. The molecule has 88 heavy (non-hydrogen) atoms. The van der Waals surface area contributed by atoms with Crippen molar-refractivity contribution < 1.29 is 62.3 Å². The second kappa shape index (κ2) is 36.1. The highest BCUT2D eigenvalue weighted by Crippen LogP contribution is 2.27. The number of amides is 11. The van der Waals surface area contributed by atoms with Gasteiger partial charge in [0.1, 0.15) is 66.5 Å². The maximum absolute atomic E-state index is 15.4. The van der Waals surface area contributed by atoms with Gasteiger partial charge in [-0.05, 0) is 101 Å². The van der Waals surface area contributed by atoms with E-state index >= 15 is 19.2 Å². The third kappa shape index (κ3) is 22.5. The van der Waals surface area contributed by atoms with Crippen molar-refractivity contribution in [3.05, 3.63) is 12.2 Å². The summed E-state index contributed by atoms with van der Waals surface area (Å²) in [6.45, 7) is 30.4. The van der Waals surface area contributed by atoms with Crippen molar-refractivity contribution in [2.75, 3.05) is 55.9 Å². The van der Waals surface area contributed by atoms with Gasteiger partial charge in [0.2, 0.25) is 65.0 Å². The first-order valence-electron chi connectivity index (χ1n) is 31.4. The zero-order valence-electron chi connectivity index (χ0n) is 57.9. The molecule has 1 aliphatic rings. The summed E-state index contributed by atoms with van der Waals surface area (Å²) in [7, 11) is 9.89. The van der Waals surface area contributed by atoms with Crippen molar-refractivity contribution >= 4 is 70.9 Å². The molecule has 502 valence electrons. The molecule has 1 aliphatic heterocycles. The van der Waals surface area contributed by atoms with Gasteiger partial charge in [-0.3, -0.25) is 57.5 Å². The van der Waals surface area contributed by atoms with Crippen LogP contribution in [0.1, 0.15) is 163 Å². The van der Waals surface area contributed by atoms with E-state index in [4.69, 9.17) is 4.74 Å². The van der Waals surface area contributed by atoms with Crippen LogP contribution in [0.5, 0.6) is 0 Å². The van der Waals surface area contributed by atoms with E-state index in [0.717, 1.165) is 9.80 Å². The molecule has 0 aromatic heterocycles. The molecule has 1 saturated heterocycles. The first kappa shape index (κ1) is 79.4. The Kier molecular flexibility index (Phi) is 32.6. The smallest absolute Gasteiger partial charge is 0.303 e. The Balaban J connectivity index is 4.43. The second-order valence-electron chi connectivity index (χ2n) is 26.7. The van der Waals surface area contributed by atoms with Gasteiger partial charge in [0.25, 0.3) is 0 Å². The van der Waals surface area contributed by atoms with Crippen LogP contribution in [0.2, 0.25) is 0 Å². The summed E-state index contributed by atoms with van der Waals surface area (Å²) in [4.78, 5) is 183. The third-order valence-electron chi connectivity index (χ3n) is 16.3. The standard InChI is InChI=1S/C64H113N11O13/c1-26-28-29-41(15)54(88-44(18)76)53-58(81)67-45(27-2)60(83)69(19)34-50(77)70(20)46(30-35(3)4)57(80)68-51(39(11)12)63(86)71(21)47(31-36(5)6)56(79)65-42(16)55(78)66-43(17)59(82)72(22)48(32-37(7)8)61(84)73(23)49(33-38(9)10)62(85)74(24)52(40(13)14)64(87)75(53)25/h26,28,35-43,45-49,51-54H,27,29-34H2,1-25H3,(H,65,79)(H,66,78)(H,67,81)(H,68,80)/t41-,42+,43-,45+,46-,47+,48+,49+,51+,52+,53+,54-/m1/s1. The second-order valence-corrected chi connectivity index (χ2v) is 26.7. The van der Waals surface area contributed by atoms with Crippen molar-refractivity contribution in [2.24, 2.45) is 41.4 Å². The lowest BCUT2D eigenvalue weighted by Gasteiger charge is -2.42. The first-order valence-corrected chi connectivity index (χ1v) is 31.4. The lowest BCUT2D eigenvalue weighted by atomic mass is 9.91. The third-order valence-corrected chi connectivity index (χ3v) is 16.3. The molecule has 0 aromatic carbocycles. The predicted octanol–water partition coefficient (Wildman–Crippen LogP) is 3.84. The highest BCUT2D eigenvalue weighted by Gasteiger charge is 2.47. The van der Waals surface area contributed by atoms with Crippen molar-refractivity contribution in [1.82, 2.24) is 55.6 Å². The van der Waals surface area contributed by atoms with Crippen LogP contribution in [-0.4, -0.2) is 228 Å². The highest BCUT2D eigenvalue weighted by atomic mass is 16.5. The van der Waals surface area contributed by atoms with E-state index in [2.05, 4.69) is 21.3 Å². The molecule has 4 N–H and O–H groups in total. The quantitative estimate of drug-likeness (QED) is 0.126. The Labute approximate surface area is 526 Å². The van der Waals surface area contributed by atoms with Crippen molar-refractivity contribution in [3.63, 3.8) is 0 Å². The summed E-state index contributed by atoms with van der Waals surface area (Å²) >= 11 is 0. The molecule has 24 heteroatoms. The Bertz CT molecular complexity index is 2450. The number of carbonyl (C=O) groups is 12. The van der Waals surface area contributed by atoms with Crippen molar-refractivity contribution in [1.29, 1.82) is 0 Å². The van der Waals surface area contributed by atoms with Gasteiger partial charge in [-0.15, -0.1) is 0 Å². The fourth-order valence-corrected chi connectivity index (χ4v) is 11.0. The van der Waals surface area contributed by atoms with E-state index in [0.29, 0.717) is 6.42 Å². The average molecular weight is 1240 g/mol. The molecule has 1 rings (SSSR count). The normalized spacial score (nSPS) is 26.3. The van der Waals surface area contributed by atoms with Crippen LogP contribution in [-0.2, 0) is 62.3 Å². The molecule has 1 heterocycles. The topological polar surface area (TPSA) is 285 Å². The van der Waals surface area contributed by atoms with Crippen LogP contribution in [0, 0.1) is 41.4 Å². The minimum absolute atomic E-state index is 0.00279. The molecular weight excluding hydrogens is 1130 g/mol. The number of esters is 1. The molecule has 0 bridgehead atoms. The van der Waals surface area contributed by atoms with E-state index in [1.807, 2.05) is 61.5 Å². The molecule has 0 spiro atoms. The number of ether oxygens (including phenoxy) is 1. The molecule has 0 saturated carbocycles. The van der Waals surface area contributed by atoms with Gasteiger partial charge in [0.05, 0.1) is 6.54 Å². The summed E-state index contributed by atoms with van der Waals surface area (Å²) < 4.78 is 5.93. The molecule has 24 nitrogen and oxygen atoms in total. The molecule has 0 radical (unpaired) electrons. The molecule has 12 atom stereocenters. The number of rotatable bonds is 16. The van der Waals surface area contributed by atoms with Crippen molar-refractivity contribution in [3.8, 4) is 0 Å². The molecule has 0 unspecified atom stereocenters. The van der Waals surface area contributed by atoms with Gasteiger partial charge in [0.15, 0.2) is 0 Å². The minimum atomic E-state index is -1.61. The number of hydrogen-bond donors (Lipinski definition) is 4. The SMILES string of the molecule is CC=CC[C@@H](C)[C@@H](OC(C)=O)[C@H]1C(=O)N[C@@H](CC)C(=O)N(C)CC(=O)N(C)[C@H](CC(C)C)C(=O)N[C@@H](C(C)C)C(=O)N(C)[C@@H](CC(C)C)C(=O)N[C@@H](C)C(=O)N[C@H](C)C(=O)N(C)[C@@H](CC(C)C)C(=O)N(C)[C@@H](CC(C)C)C(=O)N(C)[C@@H](C(C)C)C(=O)N1C. The number of nitrogens with one attached hydrogen (secondary N) is 4. The predicted molar refractivity (Wildman–Crippen MR) is 338 cm³/mol. The fraction of sp³-hybridized carbons (Fsp3) is 0.781. The van der Waals surface area contributed by atoms with Crippen LogP contribution >= 0.6 is 0 Å². The minimum Gasteiger partial charge on any atom is -0.459 e. The molecule has 0 aliphatic carbocycles. The summed E-state index contributed by atoms with van der Waals surface area (Å²) in [5.74, 6) is -10.7. The largest absolute Gasteiger partial charge is 0.459 e. The lowest BCUT2D eigenvalue weighted by molar-refractivity contribution is -0.164. The maximum atomic E-state index is 15.4. The van der Waals surface area contributed by atoms with Gasteiger partial charge < -0.3 is 60.3 Å². The Morgan fingerprint density at radius 3 is 1.35 bits per heavy atom. The lowest BCUT2D eigenvalue weighted by Crippen LogP contribution is -2.64. The highest BCUT2D eigenvalue weighted by molar-refractivity contribution is 5.99. The number of hydrogen-bond acceptors (Lipinski definition) is 13. The summed E-state index contributed by atoms with van der Waals surface area (Å²) in [5, 5.41) is 11.0. The van der Waals surface area contributed by atoms with Crippen LogP contribution in [0.4, 0.5) is 0 Å².